The molecule has 6 heteroatoms. The molecule has 17 heavy (non-hydrogen) atoms. The minimum Gasteiger partial charge on any atom is -0.207 e. The maximum Gasteiger partial charge on any atom is 0.245 e. The number of hydrogen-bond acceptors (Lipinski definition) is 3. The third kappa shape index (κ3) is 2.78. The van der Waals surface area contributed by atoms with Crippen LogP contribution in [0, 0.1) is 23.7 Å². The van der Waals surface area contributed by atoms with Crippen LogP contribution >= 0.6 is 11.6 Å². The lowest BCUT2D eigenvalue weighted by Gasteiger charge is -2.15. The van der Waals surface area contributed by atoms with E-state index in [1.54, 1.807) is 0 Å². The first kappa shape index (κ1) is 13.5. The van der Waals surface area contributed by atoms with Crippen molar-refractivity contribution in [2.75, 3.05) is 13.6 Å². The van der Waals surface area contributed by atoms with Crippen LogP contribution in [0.5, 0.6) is 0 Å². The Hall–Kier alpha value is -1.53. The van der Waals surface area contributed by atoms with E-state index in [1.165, 1.54) is 25.2 Å². The maximum atomic E-state index is 12.0. The second-order valence-corrected chi connectivity index (χ2v) is 5.64. The van der Waals surface area contributed by atoms with Gasteiger partial charge < -0.3 is 0 Å². The molecule has 0 heterocycles. The van der Waals surface area contributed by atoms with Crippen LogP contribution in [0.1, 0.15) is 5.56 Å². The van der Waals surface area contributed by atoms with Crippen LogP contribution in [-0.2, 0) is 10.0 Å². The van der Waals surface area contributed by atoms with E-state index in [0.717, 1.165) is 4.31 Å². The van der Waals surface area contributed by atoms with Crippen LogP contribution < -0.4 is 0 Å². The quantitative estimate of drug-likeness (QED) is 0.780. The summed E-state index contributed by atoms with van der Waals surface area (Å²) in [7, 11) is -2.40. The molecule has 0 atom stereocenters. The summed E-state index contributed by atoms with van der Waals surface area (Å²) in [5.41, 5.74) is 0.224. The lowest BCUT2D eigenvalue weighted by atomic mass is 10.2. The Morgan fingerprint density at radius 3 is 2.71 bits per heavy atom. The van der Waals surface area contributed by atoms with Crippen LogP contribution in [0.2, 0.25) is 5.02 Å². The molecule has 0 radical (unpaired) electrons. The Morgan fingerprint density at radius 2 is 2.18 bits per heavy atom. The van der Waals surface area contributed by atoms with Crippen molar-refractivity contribution in [3.05, 3.63) is 28.8 Å². The van der Waals surface area contributed by atoms with Crippen molar-refractivity contribution < 1.29 is 8.42 Å². The highest BCUT2D eigenvalue weighted by Gasteiger charge is 2.23. The molecule has 0 amide bonds. The highest BCUT2D eigenvalue weighted by Crippen LogP contribution is 2.24. The van der Waals surface area contributed by atoms with Gasteiger partial charge >= 0.3 is 0 Å². The Morgan fingerprint density at radius 1 is 1.53 bits per heavy atom. The number of benzene rings is 1. The molecule has 0 saturated carbocycles. The smallest absolute Gasteiger partial charge is 0.207 e. The molecule has 0 aromatic heterocycles. The lowest BCUT2D eigenvalue weighted by Crippen LogP contribution is -2.27. The zero-order valence-electron chi connectivity index (χ0n) is 9.01. The standard InChI is InChI=1S/C11H9ClN2O2S/c1-3-6-14(2)17(15,16)11-7-9(8-13)4-5-10(11)12/h1,4-5,7H,6H2,2H3. The van der Waals surface area contributed by atoms with E-state index in [2.05, 4.69) is 5.92 Å². The summed E-state index contributed by atoms with van der Waals surface area (Å²) < 4.78 is 25.1. The van der Waals surface area contributed by atoms with Crippen molar-refractivity contribution in [1.82, 2.24) is 4.31 Å². The third-order valence-corrected chi connectivity index (χ3v) is 4.35. The molecule has 0 bridgehead atoms. The molecule has 0 unspecified atom stereocenters. The molecule has 1 rings (SSSR count). The number of sulfonamides is 1. The van der Waals surface area contributed by atoms with Crippen LogP contribution in [0.3, 0.4) is 0 Å². The number of nitriles is 1. The van der Waals surface area contributed by atoms with Crippen molar-refractivity contribution in [2.24, 2.45) is 0 Å². The molecule has 0 saturated heterocycles. The van der Waals surface area contributed by atoms with Gasteiger partial charge in [0, 0.05) is 7.05 Å². The first-order chi connectivity index (χ1) is 7.93. The monoisotopic (exact) mass is 268 g/mol. The van der Waals surface area contributed by atoms with Gasteiger partial charge in [-0.15, -0.1) is 6.42 Å². The molecular formula is C11H9ClN2O2S. The van der Waals surface area contributed by atoms with Gasteiger partial charge in [-0.1, -0.05) is 17.5 Å². The van der Waals surface area contributed by atoms with Gasteiger partial charge in [0.25, 0.3) is 0 Å². The summed E-state index contributed by atoms with van der Waals surface area (Å²) in [6.45, 7) is -0.0601. The van der Waals surface area contributed by atoms with Crippen molar-refractivity contribution in [3.8, 4) is 18.4 Å². The molecular weight excluding hydrogens is 260 g/mol. The summed E-state index contributed by atoms with van der Waals surface area (Å²) in [4.78, 5) is -0.115. The SMILES string of the molecule is C#CCN(C)S(=O)(=O)c1cc(C#N)ccc1Cl. The Labute approximate surface area is 105 Å². The highest BCUT2D eigenvalue weighted by atomic mass is 35.5. The fourth-order valence-electron chi connectivity index (χ4n) is 1.15. The van der Waals surface area contributed by atoms with E-state index in [9.17, 15) is 8.42 Å². The molecule has 88 valence electrons. The minimum absolute atomic E-state index is 0.0601. The van der Waals surface area contributed by atoms with Crippen LogP contribution in [0.15, 0.2) is 23.1 Å². The van der Waals surface area contributed by atoms with E-state index >= 15 is 0 Å². The zero-order valence-corrected chi connectivity index (χ0v) is 10.6. The zero-order chi connectivity index (χ0) is 13.1. The highest BCUT2D eigenvalue weighted by molar-refractivity contribution is 7.89. The van der Waals surface area contributed by atoms with Crippen molar-refractivity contribution in [2.45, 2.75) is 4.90 Å². The first-order valence-corrected chi connectivity index (χ1v) is 6.34. The number of nitrogens with zero attached hydrogens (tertiary/aromatic N) is 2. The summed E-state index contributed by atoms with van der Waals surface area (Å²) in [5, 5.41) is 8.79. The maximum absolute atomic E-state index is 12.0. The topological polar surface area (TPSA) is 61.2 Å². The van der Waals surface area contributed by atoms with Crippen LogP contribution in [0.4, 0.5) is 0 Å². The van der Waals surface area contributed by atoms with Gasteiger partial charge in [0.15, 0.2) is 0 Å². The summed E-state index contributed by atoms with van der Waals surface area (Å²) >= 11 is 5.82. The van der Waals surface area contributed by atoms with E-state index in [0.29, 0.717) is 0 Å². The van der Waals surface area contributed by atoms with E-state index < -0.39 is 10.0 Å². The van der Waals surface area contributed by atoms with Crippen molar-refractivity contribution in [3.63, 3.8) is 0 Å². The average molecular weight is 269 g/mol. The van der Waals surface area contributed by atoms with Crippen LogP contribution in [-0.4, -0.2) is 26.3 Å². The van der Waals surface area contributed by atoms with Crippen LogP contribution in [0.25, 0.3) is 0 Å². The summed E-state index contributed by atoms with van der Waals surface area (Å²) in [6, 6.07) is 5.90. The summed E-state index contributed by atoms with van der Waals surface area (Å²) in [6.07, 6.45) is 5.06. The van der Waals surface area contributed by atoms with Gasteiger partial charge in [0.1, 0.15) is 4.90 Å². The predicted octanol–water partition coefficient (Wildman–Crippen LogP) is 1.47. The number of halogens is 1. The molecule has 0 aliphatic rings. The number of rotatable bonds is 3. The van der Waals surface area contributed by atoms with Gasteiger partial charge in [-0.05, 0) is 18.2 Å². The molecule has 0 N–H and O–H groups in total. The second kappa shape index (κ2) is 5.20. The van der Waals surface area contributed by atoms with Gasteiger partial charge in [-0.25, -0.2) is 8.42 Å². The molecule has 0 aliphatic carbocycles. The van der Waals surface area contributed by atoms with Gasteiger partial charge in [-0.3, -0.25) is 0 Å². The first-order valence-electron chi connectivity index (χ1n) is 4.53. The molecule has 1 aromatic rings. The molecule has 0 spiro atoms. The fraction of sp³-hybridized carbons (Fsp3) is 0.182. The molecule has 0 aliphatic heterocycles. The van der Waals surface area contributed by atoms with E-state index in [1.807, 2.05) is 6.07 Å². The minimum atomic E-state index is -3.76. The van der Waals surface area contributed by atoms with Crippen molar-refractivity contribution >= 4 is 21.6 Å². The largest absolute Gasteiger partial charge is 0.245 e. The third-order valence-electron chi connectivity index (χ3n) is 2.06. The average Bonchev–Trinajstić information content (AvgIpc) is 2.29. The predicted molar refractivity (Wildman–Crippen MR) is 64.8 cm³/mol. The number of hydrogen-bond donors (Lipinski definition) is 0. The normalized spacial score (nSPS) is 10.9. The fourth-order valence-corrected chi connectivity index (χ4v) is 2.73. The van der Waals surface area contributed by atoms with Crippen molar-refractivity contribution in [1.29, 1.82) is 5.26 Å². The van der Waals surface area contributed by atoms with Gasteiger partial charge in [0.05, 0.1) is 23.2 Å². The molecule has 1 aromatic carbocycles. The molecule has 0 fully saturated rings. The Bertz CT molecular complexity index is 611. The lowest BCUT2D eigenvalue weighted by molar-refractivity contribution is 0.503. The van der Waals surface area contributed by atoms with Gasteiger partial charge in [0.2, 0.25) is 10.0 Å². The Balaban J connectivity index is 3.35. The van der Waals surface area contributed by atoms with E-state index in [4.69, 9.17) is 23.3 Å². The molecule has 4 nitrogen and oxygen atoms in total. The van der Waals surface area contributed by atoms with Gasteiger partial charge in [-0.2, -0.15) is 9.57 Å². The summed E-state index contributed by atoms with van der Waals surface area (Å²) in [5.74, 6) is 2.23. The Kier molecular flexibility index (Phi) is 4.14. The second-order valence-electron chi connectivity index (χ2n) is 3.22. The number of terminal acetylenes is 1. The van der Waals surface area contributed by atoms with E-state index in [-0.39, 0.29) is 22.0 Å².